The van der Waals surface area contributed by atoms with E-state index in [4.69, 9.17) is 9.72 Å². The van der Waals surface area contributed by atoms with E-state index in [2.05, 4.69) is 4.90 Å². The second-order valence-electron chi connectivity index (χ2n) is 7.02. The molecule has 0 spiro atoms. The molecule has 0 saturated carbocycles. The van der Waals surface area contributed by atoms with Crippen LogP contribution in [-0.4, -0.2) is 54.0 Å². The molecule has 1 aromatic heterocycles. The van der Waals surface area contributed by atoms with Crippen molar-refractivity contribution in [2.24, 2.45) is 0 Å². The molecule has 4 rings (SSSR count). The fraction of sp³-hybridized carbons (Fsp3) is 0.273. The van der Waals surface area contributed by atoms with E-state index >= 15 is 0 Å². The third-order valence-electron chi connectivity index (χ3n) is 5.13. The largest absolute Gasteiger partial charge is 0.497 e. The summed E-state index contributed by atoms with van der Waals surface area (Å²) in [7, 11) is 1.64. The maximum Gasteiger partial charge on any atom is 0.259 e. The topological polar surface area (TPSA) is 45.7 Å². The lowest BCUT2D eigenvalue weighted by molar-refractivity contribution is 0.0619. The standard InChI is InChI=1S/C22H21F2N3O2S/c1-29-16-7-5-15(6-8-16)19-14-30-20(25-19)13-26-9-11-27(12-10-26)22(28)21-17(23)3-2-4-18(21)24/h2-8,14H,9-13H2,1H3. The molecule has 3 aromatic rings. The van der Waals surface area contributed by atoms with Crippen LogP contribution in [0.4, 0.5) is 8.78 Å². The van der Waals surface area contributed by atoms with E-state index in [9.17, 15) is 13.6 Å². The average molecular weight is 429 g/mol. The Balaban J connectivity index is 1.35. The van der Waals surface area contributed by atoms with Crippen LogP contribution in [0.3, 0.4) is 0 Å². The number of rotatable bonds is 5. The highest BCUT2D eigenvalue weighted by Crippen LogP contribution is 2.25. The molecule has 0 bridgehead atoms. The van der Waals surface area contributed by atoms with Crippen molar-refractivity contribution in [1.29, 1.82) is 0 Å². The minimum absolute atomic E-state index is 0.420. The van der Waals surface area contributed by atoms with Crippen molar-refractivity contribution in [2.75, 3.05) is 33.3 Å². The predicted molar refractivity (Wildman–Crippen MR) is 112 cm³/mol. The summed E-state index contributed by atoms with van der Waals surface area (Å²) in [5.74, 6) is -1.44. The average Bonchev–Trinajstić information content (AvgIpc) is 3.22. The Kier molecular flexibility index (Phi) is 6.06. The number of aromatic nitrogens is 1. The van der Waals surface area contributed by atoms with Crippen molar-refractivity contribution in [3.05, 3.63) is 70.1 Å². The van der Waals surface area contributed by atoms with Crippen molar-refractivity contribution >= 4 is 17.2 Å². The smallest absolute Gasteiger partial charge is 0.259 e. The highest BCUT2D eigenvalue weighted by Gasteiger charge is 2.26. The van der Waals surface area contributed by atoms with Gasteiger partial charge in [-0.05, 0) is 36.4 Å². The Morgan fingerprint density at radius 3 is 2.37 bits per heavy atom. The summed E-state index contributed by atoms with van der Waals surface area (Å²) in [6.45, 7) is 2.77. The third-order valence-corrected chi connectivity index (χ3v) is 5.97. The van der Waals surface area contributed by atoms with Crippen LogP contribution < -0.4 is 4.74 Å². The van der Waals surface area contributed by atoms with Crippen LogP contribution in [0.2, 0.25) is 0 Å². The number of hydrogen-bond donors (Lipinski definition) is 0. The fourth-order valence-electron chi connectivity index (χ4n) is 3.44. The van der Waals surface area contributed by atoms with Crippen molar-refractivity contribution < 1.29 is 18.3 Å². The van der Waals surface area contributed by atoms with Crippen LogP contribution >= 0.6 is 11.3 Å². The first kappa shape index (κ1) is 20.4. The predicted octanol–water partition coefficient (Wildman–Crippen LogP) is 4.05. The van der Waals surface area contributed by atoms with Crippen molar-refractivity contribution in [2.45, 2.75) is 6.54 Å². The lowest BCUT2D eigenvalue weighted by atomic mass is 10.1. The maximum atomic E-state index is 13.9. The van der Waals surface area contributed by atoms with Gasteiger partial charge in [0, 0.05) is 37.1 Å². The molecular weight excluding hydrogens is 408 g/mol. The van der Waals surface area contributed by atoms with Gasteiger partial charge in [-0.2, -0.15) is 0 Å². The quantitative estimate of drug-likeness (QED) is 0.614. The van der Waals surface area contributed by atoms with E-state index in [1.807, 2.05) is 29.6 Å². The van der Waals surface area contributed by atoms with Gasteiger partial charge in [0.05, 0.1) is 19.3 Å². The van der Waals surface area contributed by atoms with Gasteiger partial charge in [-0.15, -0.1) is 11.3 Å². The molecule has 156 valence electrons. The van der Waals surface area contributed by atoms with Gasteiger partial charge in [0.15, 0.2) is 0 Å². The Morgan fingerprint density at radius 1 is 1.07 bits per heavy atom. The van der Waals surface area contributed by atoms with Gasteiger partial charge in [-0.25, -0.2) is 13.8 Å². The number of benzene rings is 2. The van der Waals surface area contributed by atoms with Gasteiger partial charge < -0.3 is 9.64 Å². The van der Waals surface area contributed by atoms with Gasteiger partial charge in [0.25, 0.3) is 5.91 Å². The monoisotopic (exact) mass is 429 g/mol. The number of methoxy groups -OCH3 is 1. The van der Waals surface area contributed by atoms with Crippen LogP contribution in [0.25, 0.3) is 11.3 Å². The first-order valence-corrected chi connectivity index (χ1v) is 10.5. The van der Waals surface area contributed by atoms with Gasteiger partial charge in [-0.3, -0.25) is 9.69 Å². The number of nitrogens with zero attached hydrogens (tertiary/aromatic N) is 3. The molecule has 1 aliphatic rings. The molecule has 8 heteroatoms. The van der Waals surface area contributed by atoms with Crippen molar-refractivity contribution in [1.82, 2.24) is 14.8 Å². The lowest BCUT2D eigenvalue weighted by Crippen LogP contribution is -2.48. The van der Waals surface area contributed by atoms with Crippen LogP contribution in [-0.2, 0) is 6.54 Å². The number of ether oxygens (including phenoxy) is 1. The number of carbonyl (C=O) groups excluding carboxylic acids is 1. The molecule has 2 heterocycles. The summed E-state index contributed by atoms with van der Waals surface area (Å²) < 4.78 is 33.0. The normalized spacial score (nSPS) is 14.7. The van der Waals surface area contributed by atoms with E-state index in [0.29, 0.717) is 32.7 Å². The van der Waals surface area contributed by atoms with E-state index < -0.39 is 23.1 Å². The number of halogens is 2. The van der Waals surface area contributed by atoms with Crippen LogP contribution in [0.15, 0.2) is 47.8 Å². The molecule has 1 amide bonds. The van der Waals surface area contributed by atoms with Crippen LogP contribution in [0, 0.1) is 11.6 Å². The second-order valence-corrected chi connectivity index (χ2v) is 7.96. The molecule has 1 aliphatic heterocycles. The Morgan fingerprint density at radius 2 is 1.73 bits per heavy atom. The Bertz CT molecular complexity index is 1010. The zero-order valence-corrected chi connectivity index (χ0v) is 17.3. The molecule has 2 aromatic carbocycles. The highest BCUT2D eigenvalue weighted by molar-refractivity contribution is 7.09. The van der Waals surface area contributed by atoms with E-state index in [1.165, 1.54) is 11.0 Å². The minimum Gasteiger partial charge on any atom is -0.497 e. The summed E-state index contributed by atoms with van der Waals surface area (Å²) in [5.41, 5.74) is 1.47. The van der Waals surface area contributed by atoms with E-state index in [0.717, 1.165) is 34.1 Å². The van der Waals surface area contributed by atoms with Gasteiger partial charge in [-0.1, -0.05) is 6.07 Å². The molecular formula is C22H21F2N3O2S. The van der Waals surface area contributed by atoms with Crippen molar-refractivity contribution in [3.63, 3.8) is 0 Å². The summed E-state index contributed by atoms with van der Waals surface area (Å²) in [6, 6.07) is 11.2. The summed E-state index contributed by atoms with van der Waals surface area (Å²) in [4.78, 5) is 20.9. The molecule has 0 radical (unpaired) electrons. The lowest BCUT2D eigenvalue weighted by Gasteiger charge is -2.34. The Labute approximate surface area is 177 Å². The van der Waals surface area contributed by atoms with E-state index in [-0.39, 0.29) is 0 Å². The SMILES string of the molecule is COc1ccc(-c2csc(CN3CCN(C(=O)c4c(F)cccc4F)CC3)n2)cc1. The molecule has 0 aliphatic carbocycles. The Hall–Kier alpha value is -2.84. The summed E-state index contributed by atoms with van der Waals surface area (Å²) >= 11 is 1.59. The number of thiazole rings is 1. The molecule has 5 nitrogen and oxygen atoms in total. The molecule has 30 heavy (non-hydrogen) atoms. The maximum absolute atomic E-state index is 13.9. The second kappa shape index (κ2) is 8.89. The molecule has 1 saturated heterocycles. The summed E-state index contributed by atoms with van der Waals surface area (Å²) in [5, 5.41) is 3.01. The number of piperazine rings is 1. The molecule has 1 fully saturated rings. The third kappa shape index (κ3) is 4.34. The zero-order chi connectivity index (χ0) is 21.1. The molecule has 0 atom stereocenters. The zero-order valence-electron chi connectivity index (χ0n) is 16.5. The highest BCUT2D eigenvalue weighted by atomic mass is 32.1. The first-order valence-electron chi connectivity index (χ1n) is 9.59. The number of carbonyl (C=O) groups is 1. The van der Waals surface area contributed by atoms with Crippen molar-refractivity contribution in [3.8, 4) is 17.0 Å². The van der Waals surface area contributed by atoms with E-state index in [1.54, 1.807) is 18.4 Å². The van der Waals surface area contributed by atoms with Gasteiger partial charge in [0.1, 0.15) is 28.0 Å². The molecule has 0 unspecified atom stereocenters. The van der Waals surface area contributed by atoms with Gasteiger partial charge in [0.2, 0.25) is 0 Å². The minimum atomic E-state index is -0.823. The number of amides is 1. The summed E-state index contributed by atoms with van der Waals surface area (Å²) in [6.07, 6.45) is 0. The van der Waals surface area contributed by atoms with Gasteiger partial charge >= 0.3 is 0 Å². The van der Waals surface area contributed by atoms with Crippen LogP contribution in [0.1, 0.15) is 15.4 Å². The molecule has 0 N–H and O–H groups in total. The first-order chi connectivity index (χ1) is 14.5. The fourth-order valence-corrected chi connectivity index (χ4v) is 4.28. The van der Waals surface area contributed by atoms with Crippen LogP contribution in [0.5, 0.6) is 5.75 Å². The number of hydrogen-bond acceptors (Lipinski definition) is 5.